The average Bonchev–Trinajstić information content (AvgIpc) is 2.83. The van der Waals surface area contributed by atoms with E-state index in [1.54, 1.807) is 48.5 Å². The molecule has 0 N–H and O–H groups in total. The number of benzene rings is 2. The molecule has 1 aliphatic carbocycles. The predicted octanol–water partition coefficient (Wildman–Crippen LogP) is 6.74. The molecular weight excluding hydrogens is 404 g/mol. The van der Waals surface area contributed by atoms with Crippen LogP contribution in [-0.2, 0) is 4.74 Å². The van der Waals surface area contributed by atoms with Gasteiger partial charge < -0.3 is 14.2 Å². The topological polar surface area (TPSA) is 61.8 Å². The van der Waals surface area contributed by atoms with Crippen molar-refractivity contribution in [2.75, 3.05) is 6.61 Å². The summed E-state index contributed by atoms with van der Waals surface area (Å²) in [7, 11) is 0. The van der Waals surface area contributed by atoms with Crippen LogP contribution in [0.1, 0.15) is 91.8 Å². The van der Waals surface area contributed by atoms with Gasteiger partial charge in [0.15, 0.2) is 0 Å². The van der Waals surface area contributed by atoms with Gasteiger partial charge in [0.25, 0.3) is 0 Å². The van der Waals surface area contributed by atoms with Crippen LogP contribution >= 0.6 is 0 Å². The number of carbonyl (C=O) groups is 2. The summed E-state index contributed by atoms with van der Waals surface area (Å²) in [6, 6.07) is 13.5. The van der Waals surface area contributed by atoms with Crippen molar-refractivity contribution in [2.45, 2.75) is 77.2 Å². The van der Waals surface area contributed by atoms with Gasteiger partial charge in [0.1, 0.15) is 17.6 Å². The van der Waals surface area contributed by atoms with E-state index in [1.807, 2.05) is 0 Å². The van der Waals surface area contributed by atoms with Crippen LogP contribution in [0.5, 0.6) is 11.5 Å². The molecular formula is C27H34O5. The molecule has 0 aromatic heterocycles. The first-order chi connectivity index (χ1) is 15.7. The summed E-state index contributed by atoms with van der Waals surface area (Å²) in [5, 5.41) is 0. The third-order valence-corrected chi connectivity index (χ3v) is 5.73. The first kappa shape index (κ1) is 23.8. The van der Waals surface area contributed by atoms with Crippen LogP contribution in [0.15, 0.2) is 48.5 Å². The third-order valence-electron chi connectivity index (χ3n) is 5.73. The Morgan fingerprint density at radius 1 is 0.750 bits per heavy atom. The van der Waals surface area contributed by atoms with Gasteiger partial charge in [-0.15, -0.1) is 0 Å². The van der Waals surface area contributed by atoms with Crippen LogP contribution < -0.4 is 9.47 Å². The van der Waals surface area contributed by atoms with E-state index in [2.05, 4.69) is 6.92 Å². The Morgan fingerprint density at radius 2 is 1.34 bits per heavy atom. The second-order valence-corrected chi connectivity index (χ2v) is 8.37. The maximum absolute atomic E-state index is 12.4. The minimum Gasteiger partial charge on any atom is -0.494 e. The van der Waals surface area contributed by atoms with Crippen molar-refractivity contribution in [1.82, 2.24) is 0 Å². The summed E-state index contributed by atoms with van der Waals surface area (Å²) < 4.78 is 16.7. The van der Waals surface area contributed by atoms with Crippen LogP contribution in [0.3, 0.4) is 0 Å². The molecule has 0 spiro atoms. The van der Waals surface area contributed by atoms with Crippen molar-refractivity contribution >= 4 is 11.9 Å². The molecule has 0 unspecified atom stereocenters. The van der Waals surface area contributed by atoms with Crippen LogP contribution in [0.4, 0.5) is 0 Å². The molecule has 0 saturated heterocycles. The van der Waals surface area contributed by atoms with E-state index in [4.69, 9.17) is 14.2 Å². The predicted molar refractivity (Wildman–Crippen MR) is 124 cm³/mol. The molecule has 1 saturated carbocycles. The lowest BCUT2D eigenvalue weighted by molar-refractivity contribution is 0.0211. The second-order valence-electron chi connectivity index (χ2n) is 8.37. The van der Waals surface area contributed by atoms with E-state index in [9.17, 15) is 9.59 Å². The van der Waals surface area contributed by atoms with Crippen molar-refractivity contribution in [3.63, 3.8) is 0 Å². The average molecular weight is 439 g/mol. The van der Waals surface area contributed by atoms with Crippen LogP contribution in [0.25, 0.3) is 0 Å². The van der Waals surface area contributed by atoms with Crippen molar-refractivity contribution in [3.05, 3.63) is 59.7 Å². The number of hydrogen-bond donors (Lipinski definition) is 0. The summed E-state index contributed by atoms with van der Waals surface area (Å²) in [6.07, 6.45) is 11.3. The van der Waals surface area contributed by atoms with Crippen molar-refractivity contribution < 1.29 is 23.8 Å². The number of carbonyl (C=O) groups excluding carboxylic acids is 2. The molecule has 1 aliphatic rings. The Labute approximate surface area is 191 Å². The molecule has 0 atom stereocenters. The Balaban J connectivity index is 1.44. The molecule has 0 radical (unpaired) electrons. The molecule has 172 valence electrons. The molecule has 32 heavy (non-hydrogen) atoms. The fourth-order valence-corrected chi connectivity index (χ4v) is 3.81. The van der Waals surface area contributed by atoms with Gasteiger partial charge in [0, 0.05) is 0 Å². The molecule has 5 heteroatoms. The highest BCUT2D eigenvalue weighted by Gasteiger charge is 2.19. The highest BCUT2D eigenvalue weighted by Crippen LogP contribution is 2.22. The van der Waals surface area contributed by atoms with Crippen LogP contribution in [-0.4, -0.2) is 24.6 Å². The highest BCUT2D eigenvalue weighted by molar-refractivity contribution is 5.92. The standard InChI is InChI=1S/C27H34O5/c1-2-3-4-5-9-20-30-23-16-12-21(13-17-23)27(29)32-25-18-14-22(15-19-25)26(28)31-24-10-7-6-8-11-24/h12-19,24H,2-11,20H2,1H3. The van der Waals surface area contributed by atoms with Gasteiger partial charge in [-0.1, -0.05) is 39.0 Å². The SMILES string of the molecule is CCCCCCCOc1ccc(C(=O)Oc2ccc(C(=O)OC3CCCCC3)cc2)cc1. The zero-order valence-electron chi connectivity index (χ0n) is 19.0. The Morgan fingerprint density at radius 3 is 2.00 bits per heavy atom. The number of rotatable bonds is 11. The van der Waals surface area contributed by atoms with Gasteiger partial charge in [-0.3, -0.25) is 0 Å². The summed E-state index contributed by atoms with van der Waals surface area (Å²) >= 11 is 0. The van der Waals surface area contributed by atoms with Crippen molar-refractivity contribution in [3.8, 4) is 11.5 Å². The summed E-state index contributed by atoms with van der Waals surface area (Å²) in [5.74, 6) is 0.360. The van der Waals surface area contributed by atoms with Gasteiger partial charge in [0.2, 0.25) is 0 Å². The minimum absolute atomic E-state index is 0.0155. The molecule has 5 nitrogen and oxygen atoms in total. The van der Waals surface area contributed by atoms with Gasteiger partial charge in [-0.05, 0) is 80.6 Å². The Hall–Kier alpha value is -2.82. The first-order valence-corrected chi connectivity index (χ1v) is 11.9. The van der Waals surface area contributed by atoms with Crippen molar-refractivity contribution in [1.29, 1.82) is 0 Å². The highest BCUT2D eigenvalue weighted by atomic mass is 16.5. The molecule has 0 bridgehead atoms. The van der Waals surface area contributed by atoms with Gasteiger partial charge in [-0.2, -0.15) is 0 Å². The minimum atomic E-state index is -0.450. The summed E-state index contributed by atoms with van der Waals surface area (Å²) in [5.41, 5.74) is 0.910. The summed E-state index contributed by atoms with van der Waals surface area (Å²) in [6.45, 7) is 2.88. The second kappa shape index (κ2) is 12.9. The molecule has 2 aromatic carbocycles. The van der Waals surface area contributed by atoms with Gasteiger partial charge >= 0.3 is 11.9 Å². The lowest BCUT2D eigenvalue weighted by Crippen LogP contribution is -2.20. The van der Waals surface area contributed by atoms with E-state index >= 15 is 0 Å². The van der Waals surface area contributed by atoms with Crippen LogP contribution in [0, 0.1) is 0 Å². The Kier molecular flexibility index (Phi) is 9.60. The molecule has 1 fully saturated rings. The molecule has 0 aliphatic heterocycles. The zero-order chi connectivity index (χ0) is 22.6. The van der Waals surface area contributed by atoms with E-state index in [1.165, 1.54) is 32.1 Å². The monoisotopic (exact) mass is 438 g/mol. The number of esters is 2. The Bertz CT molecular complexity index is 835. The lowest BCUT2D eigenvalue weighted by atomic mass is 9.98. The normalized spacial score (nSPS) is 14.0. The van der Waals surface area contributed by atoms with Gasteiger partial charge in [-0.25, -0.2) is 9.59 Å². The van der Waals surface area contributed by atoms with Crippen LogP contribution in [0.2, 0.25) is 0 Å². The van der Waals surface area contributed by atoms with E-state index < -0.39 is 5.97 Å². The summed E-state index contributed by atoms with van der Waals surface area (Å²) in [4.78, 5) is 24.7. The number of ether oxygens (including phenoxy) is 3. The van der Waals surface area contributed by atoms with Crippen molar-refractivity contribution in [2.24, 2.45) is 0 Å². The zero-order valence-corrected chi connectivity index (χ0v) is 19.0. The van der Waals surface area contributed by atoms with E-state index in [-0.39, 0.29) is 12.1 Å². The molecule has 0 heterocycles. The first-order valence-electron chi connectivity index (χ1n) is 11.9. The van der Waals surface area contributed by atoms with E-state index in [0.717, 1.165) is 37.9 Å². The number of hydrogen-bond acceptors (Lipinski definition) is 5. The fourth-order valence-electron chi connectivity index (χ4n) is 3.81. The number of unbranched alkanes of at least 4 members (excludes halogenated alkanes) is 4. The lowest BCUT2D eigenvalue weighted by Gasteiger charge is -2.21. The van der Waals surface area contributed by atoms with E-state index in [0.29, 0.717) is 23.5 Å². The maximum Gasteiger partial charge on any atom is 0.343 e. The van der Waals surface area contributed by atoms with Gasteiger partial charge in [0.05, 0.1) is 17.7 Å². The smallest absolute Gasteiger partial charge is 0.343 e. The third kappa shape index (κ3) is 7.70. The fraction of sp³-hybridized carbons (Fsp3) is 0.481. The molecule has 2 aromatic rings. The largest absolute Gasteiger partial charge is 0.494 e. The maximum atomic E-state index is 12.4. The molecule has 3 rings (SSSR count). The molecule has 0 amide bonds. The quantitative estimate of drug-likeness (QED) is 0.221.